The van der Waals surface area contributed by atoms with Crippen LogP contribution in [-0.2, 0) is 9.59 Å². The van der Waals surface area contributed by atoms with Gasteiger partial charge in [-0.25, -0.2) is 0 Å². The van der Waals surface area contributed by atoms with Crippen molar-refractivity contribution in [2.75, 3.05) is 6.54 Å². The molecular weight excluding hydrogens is 132 g/mol. The third-order valence-electron chi connectivity index (χ3n) is 0.849. The first kappa shape index (κ1) is 8.94. The lowest BCUT2D eigenvalue weighted by Gasteiger charge is -1.98. The molecule has 0 aromatic rings. The number of hydrogen-bond acceptors (Lipinski definition) is 2. The Morgan fingerprint density at radius 2 is 2.20 bits per heavy atom. The third kappa shape index (κ3) is 5.08. The quantitative estimate of drug-likeness (QED) is 0.541. The zero-order valence-electron chi connectivity index (χ0n) is 5.89. The van der Waals surface area contributed by atoms with Crippen LogP contribution in [0.5, 0.6) is 0 Å². The molecule has 0 aromatic heterocycles. The molecular formula is C6H11N2O2. The summed E-state index contributed by atoms with van der Waals surface area (Å²) in [5.41, 5.74) is 4.77. The van der Waals surface area contributed by atoms with Gasteiger partial charge in [0.2, 0.25) is 11.8 Å². The van der Waals surface area contributed by atoms with Gasteiger partial charge in [-0.05, 0) is 6.42 Å². The summed E-state index contributed by atoms with van der Waals surface area (Å²) < 4.78 is 0. The van der Waals surface area contributed by atoms with Crippen molar-refractivity contribution in [2.24, 2.45) is 5.73 Å². The van der Waals surface area contributed by atoms with Crippen LogP contribution in [0.4, 0.5) is 0 Å². The van der Waals surface area contributed by atoms with Crippen molar-refractivity contribution in [3.05, 3.63) is 6.42 Å². The molecule has 0 unspecified atom stereocenters. The Hall–Kier alpha value is -1.06. The highest BCUT2D eigenvalue weighted by molar-refractivity contribution is 5.83. The molecule has 0 fully saturated rings. The normalized spacial score (nSPS) is 8.90. The first-order valence-corrected chi connectivity index (χ1v) is 2.99. The molecule has 0 atom stereocenters. The monoisotopic (exact) mass is 143 g/mol. The highest BCUT2D eigenvalue weighted by Gasteiger charge is 1.99. The van der Waals surface area contributed by atoms with Crippen molar-refractivity contribution in [1.29, 1.82) is 0 Å². The molecule has 0 spiro atoms. The molecule has 0 aliphatic heterocycles. The molecule has 0 rings (SSSR count). The second kappa shape index (κ2) is 4.78. The van der Waals surface area contributed by atoms with E-state index in [1.54, 1.807) is 13.3 Å². The largest absolute Gasteiger partial charge is 0.368 e. The second-order valence-electron chi connectivity index (χ2n) is 1.86. The molecule has 2 amide bonds. The molecule has 1 radical (unpaired) electrons. The third-order valence-corrected chi connectivity index (χ3v) is 0.849. The van der Waals surface area contributed by atoms with Gasteiger partial charge in [0.15, 0.2) is 0 Å². The van der Waals surface area contributed by atoms with Gasteiger partial charge in [0.25, 0.3) is 0 Å². The van der Waals surface area contributed by atoms with Crippen LogP contribution < -0.4 is 11.1 Å². The molecule has 0 aromatic carbocycles. The molecule has 4 heteroatoms. The predicted octanol–water partition coefficient (Wildman–Crippen LogP) is -0.798. The highest BCUT2D eigenvalue weighted by Crippen LogP contribution is 1.82. The molecule has 57 valence electrons. The molecule has 3 N–H and O–H groups in total. The Labute approximate surface area is 59.8 Å². The van der Waals surface area contributed by atoms with Crippen molar-refractivity contribution < 1.29 is 9.59 Å². The fourth-order valence-corrected chi connectivity index (χ4v) is 0.443. The minimum atomic E-state index is -0.524. The number of nitrogens with two attached hydrogens (primary N) is 1. The lowest BCUT2D eigenvalue weighted by Crippen LogP contribution is -2.32. The van der Waals surface area contributed by atoms with Crippen LogP contribution in [-0.4, -0.2) is 18.4 Å². The van der Waals surface area contributed by atoms with Crippen LogP contribution in [0, 0.1) is 6.42 Å². The molecule has 0 saturated heterocycles. The number of primary amides is 1. The predicted molar refractivity (Wildman–Crippen MR) is 36.8 cm³/mol. The zero-order chi connectivity index (χ0) is 7.98. The minimum Gasteiger partial charge on any atom is -0.368 e. The summed E-state index contributed by atoms with van der Waals surface area (Å²) >= 11 is 0. The van der Waals surface area contributed by atoms with E-state index in [1.165, 1.54) is 0 Å². The summed E-state index contributed by atoms with van der Waals surface area (Å²) in [5.74, 6) is -0.703. The molecule has 0 saturated carbocycles. The van der Waals surface area contributed by atoms with Crippen molar-refractivity contribution in [3.8, 4) is 0 Å². The van der Waals surface area contributed by atoms with E-state index >= 15 is 0 Å². The maximum atomic E-state index is 10.6. The second-order valence-corrected chi connectivity index (χ2v) is 1.86. The first-order valence-electron chi connectivity index (χ1n) is 2.99. The topological polar surface area (TPSA) is 72.2 Å². The van der Waals surface area contributed by atoms with Gasteiger partial charge in [0.05, 0.1) is 6.54 Å². The molecule has 0 heterocycles. The van der Waals surface area contributed by atoms with Crippen LogP contribution in [0.3, 0.4) is 0 Å². The number of carbonyl (C=O) groups excluding carboxylic acids is 2. The van der Waals surface area contributed by atoms with Crippen LogP contribution >= 0.6 is 0 Å². The number of hydrogen-bond donors (Lipinski definition) is 2. The zero-order valence-corrected chi connectivity index (χ0v) is 5.89. The molecule has 0 aliphatic carbocycles. The van der Waals surface area contributed by atoms with E-state index in [0.29, 0.717) is 6.42 Å². The van der Waals surface area contributed by atoms with Gasteiger partial charge in [-0.2, -0.15) is 0 Å². The molecule has 0 aliphatic rings. The Balaban J connectivity index is 3.30. The standard InChI is InChI=1S/C6H11N2O2/c1-2-3-6(10)8-4-5(7)9/h2H,3-4H2,1H3,(H2,7,9)(H,8,10). The van der Waals surface area contributed by atoms with E-state index in [9.17, 15) is 9.59 Å². The summed E-state index contributed by atoms with van der Waals surface area (Å²) in [6.07, 6.45) is 2.03. The summed E-state index contributed by atoms with van der Waals surface area (Å²) in [7, 11) is 0. The number of carbonyl (C=O) groups is 2. The summed E-state index contributed by atoms with van der Waals surface area (Å²) in [6.45, 7) is 1.69. The van der Waals surface area contributed by atoms with Crippen molar-refractivity contribution in [2.45, 2.75) is 13.3 Å². The average molecular weight is 143 g/mol. The van der Waals surface area contributed by atoms with Gasteiger partial charge in [-0.3, -0.25) is 9.59 Å². The van der Waals surface area contributed by atoms with Crippen molar-refractivity contribution in [3.63, 3.8) is 0 Å². The molecule has 0 bridgehead atoms. The SMILES string of the molecule is C[CH]CC(=O)NCC(N)=O. The summed E-state index contributed by atoms with van der Waals surface area (Å²) in [6, 6.07) is 0. The Kier molecular flexibility index (Phi) is 4.28. The van der Waals surface area contributed by atoms with Crippen LogP contribution in [0.15, 0.2) is 0 Å². The van der Waals surface area contributed by atoms with Gasteiger partial charge < -0.3 is 11.1 Å². The minimum absolute atomic E-state index is 0.0767. The van der Waals surface area contributed by atoms with Crippen LogP contribution in [0.25, 0.3) is 0 Å². The fourth-order valence-electron chi connectivity index (χ4n) is 0.443. The summed E-state index contributed by atoms with van der Waals surface area (Å²) in [5, 5.41) is 2.34. The van der Waals surface area contributed by atoms with E-state index < -0.39 is 5.91 Å². The van der Waals surface area contributed by atoms with E-state index in [-0.39, 0.29) is 12.5 Å². The van der Waals surface area contributed by atoms with Gasteiger partial charge in [-0.1, -0.05) is 6.92 Å². The molecule has 10 heavy (non-hydrogen) atoms. The maximum Gasteiger partial charge on any atom is 0.236 e. The van der Waals surface area contributed by atoms with Crippen LogP contribution in [0.2, 0.25) is 0 Å². The maximum absolute atomic E-state index is 10.6. The highest BCUT2D eigenvalue weighted by atomic mass is 16.2. The van der Waals surface area contributed by atoms with E-state index in [1.807, 2.05) is 0 Å². The number of nitrogens with one attached hydrogen (secondary N) is 1. The smallest absolute Gasteiger partial charge is 0.236 e. The Morgan fingerprint density at radius 1 is 1.60 bits per heavy atom. The average Bonchev–Trinajstić information content (AvgIpc) is 1.85. The van der Waals surface area contributed by atoms with Crippen molar-refractivity contribution in [1.82, 2.24) is 5.32 Å². The molecule has 4 nitrogen and oxygen atoms in total. The van der Waals surface area contributed by atoms with Gasteiger partial charge >= 0.3 is 0 Å². The van der Waals surface area contributed by atoms with E-state index in [2.05, 4.69) is 5.32 Å². The Bertz CT molecular complexity index is 134. The Morgan fingerprint density at radius 3 is 2.60 bits per heavy atom. The lowest BCUT2D eigenvalue weighted by atomic mass is 10.3. The van der Waals surface area contributed by atoms with Gasteiger partial charge in [0.1, 0.15) is 0 Å². The fraction of sp³-hybridized carbons (Fsp3) is 0.500. The van der Waals surface area contributed by atoms with Crippen LogP contribution in [0.1, 0.15) is 13.3 Å². The van der Waals surface area contributed by atoms with Crippen molar-refractivity contribution >= 4 is 11.8 Å². The lowest BCUT2D eigenvalue weighted by molar-refractivity contribution is -0.124. The number of amides is 2. The van der Waals surface area contributed by atoms with Gasteiger partial charge in [-0.15, -0.1) is 0 Å². The first-order chi connectivity index (χ1) is 4.66. The van der Waals surface area contributed by atoms with E-state index in [0.717, 1.165) is 0 Å². The summed E-state index contributed by atoms with van der Waals surface area (Å²) in [4.78, 5) is 20.7. The van der Waals surface area contributed by atoms with E-state index in [4.69, 9.17) is 5.73 Å². The van der Waals surface area contributed by atoms with Gasteiger partial charge in [0, 0.05) is 6.42 Å². The number of rotatable bonds is 4.